The Morgan fingerprint density at radius 1 is 1.11 bits per heavy atom. The Labute approximate surface area is 164 Å². The fraction of sp³-hybridized carbons (Fsp3) is 0.700. The van der Waals surface area contributed by atoms with Crippen molar-refractivity contribution < 1.29 is 30.7 Å². The molecule has 0 heterocycles. The highest BCUT2D eigenvalue weighted by Gasteiger charge is 2.44. The molecule has 1 aromatic carbocycles. The molecule has 0 bridgehead atoms. The van der Waals surface area contributed by atoms with E-state index in [1.165, 1.54) is 18.2 Å². The van der Waals surface area contributed by atoms with Crippen molar-refractivity contribution in [2.75, 3.05) is 5.75 Å². The van der Waals surface area contributed by atoms with E-state index >= 15 is 0 Å². The summed E-state index contributed by atoms with van der Waals surface area (Å²) in [6, 6.07) is 5.88. The highest BCUT2D eigenvalue weighted by molar-refractivity contribution is 7.91. The van der Waals surface area contributed by atoms with E-state index < -0.39 is 22.4 Å². The lowest BCUT2D eigenvalue weighted by atomic mass is 9.80. The second kappa shape index (κ2) is 9.46. The zero-order valence-corrected chi connectivity index (χ0v) is 17.0. The molecule has 1 aromatic rings. The van der Waals surface area contributed by atoms with Crippen LogP contribution in [0.1, 0.15) is 51.5 Å². The van der Waals surface area contributed by atoms with Crippen LogP contribution >= 0.6 is 0 Å². The first-order valence-corrected chi connectivity index (χ1v) is 11.4. The van der Waals surface area contributed by atoms with Gasteiger partial charge in [0.1, 0.15) is 5.75 Å². The smallest absolute Gasteiger partial charge is 0.428 e. The summed E-state index contributed by atoms with van der Waals surface area (Å²) >= 11 is 0. The van der Waals surface area contributed by atoms with E-state index in [4.69, 9.17) is 0 Å². The van der Waals surface area contributed by atoms with Crippen LogP contribution in [0.3, 0.4) is 0 Å². The molecule has 1 saturated carbocycles. The second-order valence-electron chi connectivity index (χ2n) is 7.92. The maximum atomic E-state index is 13.0. The Hall–Kier alpha value is -1.31. The number of rotatable bonds is 9. The van der Waals surface area contributed by atoms with E-state index in [1.807, 2.05) is 0 Å². The number of hydrogen-bond acceptors (Lipinski definition) is 3. The van der Waals surface area contributed by atoms with Crippen molar-refractivity contribution in [1.82, 2.24) is 0 Å². The first-order chi connectivity index (χ1) is 13.0. The van der Waals surface area contributed by atoms with Crippen molar-refractivity contribution in [3.05, 3.63) is 29.8 Å². The molecule has 1 fully saturated rings. The maximum absolute atomic E-state index is 13.0. The van der Waals surface area contributed by atoms with Crippen molar-refractivity contribution in [3.8, 4) is 5.75 Å². The Morgan fingerprint density at radius 3 is 2.29 bits per heavy atom. The quantitative estimate of drug-likeness (QED) is 0.493. The van der Waals surface area contributed by atoms with E-state index in [9.17, 15) is 26.0 Å². The highest BCUT2D eigenvalue weighted by atomic mass is 32.2. The summed E-state index contributed by atoms with van der Waals surface area (Å²) in [5.74, 6) is 0.627. The van der Waals surface area contributed by atoms with Gasteiger partial charge < -0.3 is 4.74 Å². The summed E-state index contributed by atoms with van der Waals surface area (Å²) in [6.07, 6.45) is -3.27. The Bertz CT molecular complexity index is 727. The van der Waals surface area contributed by atoms with Crippen molar-refractivity contribution in [3.63, 3.8) is 0 Å². The maximum Gasteiger partial charge on any atom is 0.461 e. The first-order valence-electron chi connectivity index (χ1n) is 9.65. The average Bonchev–Trinajstić information content (AvgIpc) is 2.60. The lowest BCUT2D eigenvalue weighted by Crippen LogP contribution is -2.33. The molecule has 0 saturated heterocycles. The predicted molar refractivity (Wildman–Crippen MR) is 101 cm³/mol. The molecular formula is C20H28F4O3S. The van der Waals surface area contributed by atoms with E-state index in [2.05, 4.69) is 4.74 Å². The van der Waals surface area contributed by atoms with Crippen LogP contribution in [0.5, 0.6) is 5.75 Å². The number of sulfone groups is 1. The lowest BCUT2D eigenvalue weighted by molar-refractivity contribution is -0.253. The zero-order chi connectivity index (χ0) is 20.9. The fourth-order valence-electron chi connectivity index (χ4n) is 3.54. The zero-order valence-electron chi connectivity index (χ0n) is 16.2. The van der Waals surface area contributed by atoms with Crippen LogP contribution in [0.4, 0.5) is 17.6 Å². The standard InChI is InChI=1S/C20H28F4O3S/c1-14(2)28(25,26)13-17-10-7-15(8-11-17)6-9-16-4-3-5-18(12-16)27-20(23,24)19(21)22/h3-5,12,14-15,17,19H,6-11,13H2,1-2H3. The van der Waals surface area contributed by atoms with Gasteiger partial charge >= 0.3 is 12.5 Å². The van der Waals surface area contributed by atoms with Gasteiger partial charge in [0.2, 0.25) is 0 Å². The van der Waals surface area contributed by atoms with Crippen LogP contribution in [0, 0.1) is 11.8 Å². The number of aryl methyl sites for hydroxylation is 1. The minimum absolute atomic E-state index is 0.206. The molecule has 3 nitrogen and oxygen atoms in total. The molecule has 0 atom stereocenters. The molecular weight excluding hydrogens is 396 g/mol. The number of hydrogen-bond donors (Lipinski definition) is 0. The van der Waals surface area contributed by atoms with E-state index in [0.29, 0.717) is 12.3 Å². The largest absolute Gasteiger partial charge is 0.461 e. The monoisotopic (exact) mass is 424 g/mol. The van der Waals surface area contributed by atoms with Crippen LogP contribution in [0.25, 0.3) is 0 Å². The molecule has 28 heavy (non-hydrogen) atoms. The third kappa shape index (κ3) is 6.64. The minimum atomic E-state index is -4.51. The molecule has 0 radical (unpaired) electrons. The van der Waals surface area contributed by atoms with E-state index in [0.717, 1.165) is 37.7 Å². The molecule has 0 spiro atoms. The van der Waals surface area contributed by atoms with Crippen LogP contribution in [-0.2, 0) is 16.3 Å². The van der Waals surface area contributed by atoms with Gasteiger partial charge in [-0.15, -0.1) is 0 Å². The van der Waals surface area contributed by atoms with Gasteiger partial charge in [-0.05, 0) is 69.1 Å². The minimum Gasteiger partial charge on any atom is -0.428 e. The van der Waals surface area contributed by atoms with Crippen molar-refractivity contribution in [2.24, 2.45) is 11.8 Å². The van der Waals surface area contributed by atoms with Crippen LogP contribution in [-0.4, -0.2) is 32.0 Å². The van der Waals surface area contributed by atoms with Gasteiger partial charge in [0.15, 0.2) is 9.84 Å². The van der Waals surface area contributed by atoms with Crippen molar-refractivity contribution in [1.29, 1.82) is 0 Å². The topological polar surface area (TPSA) is 43.4 Å². The SMILES string of the molecule is CC(C)S(=O)(=O)CC1CCC(CCc2cccc(OC(F)(F)C(F)F)c2)CC1. The predicted octanol–water partition coefficient (Wildman–Crippen LogP) is 5.49. The van der Waals surface area contributed by atoms with Crippen LogP contribution in [0.15, 0.2) is 24.3 Å². The third-order valence-electron chi connectivity index (χ3n) is 5.40. The summed E-state index contributed by atoms with van der Waals surface area (Å²) in [5, 5.41) is -0.350. The molecule has 1 aliphatic rings. The van der Waals surface area contributed by atoms with Gasteiger partial charge in [0.25, 0.3) is 0 Å². The van der Waals surface area contributed by atoms with Crippen molar-refractivity contribution in [2.45, 2.75) is 70.2 Å². The van der Waals surface area contributed by atoms with E-state index in [-0.39, 0.29) is 22.7 Å². The highest BCUT2D eigenvalue weighted by Crippen LogP contribution is 2.33. The molecule has 0 aromatic heterocycles. The second-order valence-corrected chi connectivity index (χ2v) is 10.5. The molecule has 0 aliphatic heterocycles. The average molecular weight is 425 g/mol. The van der Waals surface area contributed by atoms with Crippen LogP contribution in [0.2, 0.25) is 0 Å². The molecule has 0 amide bonds. The molecule has 0 unspecified atom stereocenters. The van der Waals surface area contributed by atoms with Crippen LogP contribution < -0.4 is 4.74 Å². The Morgan fingerprint density at radius 2 is 1.71 bits per heavy atom. The molecule has 8 heteroatoms. The number of halogens is 4. The van der Waals surface area contributed by atoms with E-state index in [1.54, 1.807) is 19.9 Å². The summed E-state index contributed by atoms with van der Waals surface area (Å²) in [6.45, 7) is 3.41. The fourth-order valence-corrected chi connectivity index (χ4v) is 4.92. The van der Waals surface area contributed by atoms with Gasteiger partial charge in [-0.2, -0.15) is 17.6 Å². The molecule has 2 rings (SSSR count). The van der Waals surface area contributed by atoms with Gasteiger partial charge in [0.05, 0.1) is 11.0 Å². The lowest BCUT2D eigenvalue weighted by Gasteiger charge is -2.29. The Balaban J connectivity index is 1.82. The first kappa shape index (κ1) is 23.0. The summed E-state index contributed by atoms with van der Waals surface area (Å²) in [5.41, 5.74) is 0.757. The number of benzene rings is 1. The number of ether oxygens (including phenoxy) is 1. The normalized spacial score (nSPS) is 21.3. The summed E-state index contributed by atoms with van der Waals surface area (Å²) in [7, 11) is -3.03. The molecule has 160 valence electrons. The van der Waals surface area contributed by atoms with Gasteiger partial charge in [-0.3, -0.25) is 0 Å². The Kier molecular flexibility index (Phi) is 7.76. The van der Waals surface area contributed by atoms with Gasteiger partial charge in [-0.25, -0.2) is 8.42 Å². The summed E-state index contributed by atoms with van der Waals surface area (Å²) in [4.78, 5) is 0. The summed E-state index contributed by atoms with van der Waals surface area (Å²) < 4.78 is 78.8. The number of alkyl halides is 4. The third-order valence-corrected chi connectivity index (χ3v) is 7.77. The van der Waals surface area contributed by atoms with Gasteiger partial charge in [0, 0.05) is 0 Å². The molecule has 1 aliphatic carbocycles. The van der Waals surface area contributed by atoms with Gasteiger partial charge in [-0.1, -0.05) is 25.0 Å². The van der Waals surface area contributed by atoms with Crippen molar-refractivity contribution >= 4 is 9.84 Å². The molecule has 0 N–H and O–H groups in total.